The number of hydrogen-bond donors (Lipinski definition) is 0. The van der Waals surface area contributed by atoms with E-state index in [0.717, 1.165) is 63.5 Å². The molecule has 9 atom stereocenters. The highest BCUT2D eigenvalue weighted by Gasteiger charge is 2.69. The quantitative estimate of drug-likeness (QED) is 0.0973. The molecule has 0 aromatic heterocycles. The van der Waals surface area contributed by atoms with Gasteiger partial charge in [0.15, 0.2) is 6.61 Å². The summed E-state index contributed by atoms with van der Waals surface area (Å²) in [6.07, 6.45) is 11.1. The lowest BCUT2D eigenvalue weighted by atomic mass is 9.33. The van der Waals surface area contributed by atoms with Gasteiger partial charge in [0.05, 0.1) is 17.7 Å². The number of allylic oxidation sites excluding steroid dienone is 2. The number of halogens is 1. The van der Waals surface area contributed by atoms with Crippen molar-refractivity contribution in [3.63, 3.8) is 0 Å². The maximum absolute atomic E-state index is 14.0. The van der Waals surface area contributed by atoms with Crippen LogP contribution < -0.4 is 0 Å². The van der Waals surface area contributed by atoms with Crippen molar-refractivity contribution in [1.29, 1.82) is 0 Å². The van der Waals surface area contributed by atoms with E-state index in [1.165, 1.54) is 5.57 Å². The summed E-state index contributed by atoms with van der Waals surface area (Å²) in [6.45, 7) is 18.5. The Morgan fingerprint density at radius 3 is 2.34 bits per heavy atom. The van der Waals surface area contributed by atoms with Gasteiger partial charge in [0, 0.05) is 5.41 Å². The Bertz CT molecular complexity index is 1240. The molecule has 0 spiro atoms. The van der Waals surface area contributed by atoms with E-state index in [4.69, 9.17) is 25.9 Å². The van der Waals surface area contributed by atoms with Crippen molar-refractivity contribution in [1.82, 2.24) is 0 Å². The average molecular weight is 632 g/mol. The number of esters is 2. The van der Waals surface area contributed by atoms with Gasteiger partial charge in [0.2, 0.25) is 0 Å². The standard InChI is InChI=1S/C36H54ClNO6/c1-9-42-29(40)21-43-31(41)36-17-12-22(2)23(3)30(36)24-10-11-26-33(6)15-14-27(38-44-28(39)20-37)32(4,5)25(33)13-16-35(26,8)34(24,7)18-19-36/h10,22-23,25-26,30H,9,11-21H2,1-8H3/b38-27+/t22-,23+,25+,26-,30+,33+,34-,35-,36+/m1/s1. The first-order valence-electron chi connectivity index (χ1n) is 17.0. The predicted octanol–water partition coefficient (Wildman–Crippen LogP) is 7.89. The lowest BCUT2D eigenvalue weighted by molar-refractivity contribution is -0.187. The monoisotopic (exact) mass is 631 g/mol. The highest BCUT2D eigenvalue weighted by Crippen LogP contribution is 2.75. The van der Waals surface area contributed by atoms with E-state index < -0.39 is 17.4 Å². The van der Waals surface area contributed by atoms with Crippen LogP contribution in [0.15, 0.2) is 16.8 Å². The average Bonchev–Trinajstić information content (AvgIpc) is 2.97. The molecule has 44 heavy (non-hydrogen) atoms. The molecule has 0 radical (unpaired) electrons. The number of fused-ring (bicyclic) bond motifs is 7. The molecule has 246 valence electrons. The topological polar surface area (TPSA) is 91.3 Å². The number of ether oxygens (including phenoxy) is 2. The van der Waals surface area contributed by atoms with Gasteiger partial charge in [0.25, 0.3) is 0 Å². The smallest absolute Gasteiger partial charge is 0.349 e. The molecule has 0 aromatic rings. The van der Waals surface area contributed by atoms with Crippen molar-refractivity contribution < 1.29 is 28.7 Å². The molecule has 5 rings (SSSR count). The second-order valence-electron chi connectivity index (χ2n) is 16.0. The summed E-state index contributed by atoms with van der Waals surface area (Å²) in [5.74, 6) is 0.479. The third-order valence-corrected chi connectivity index (χ3v) is 14.4. The predicted molar refractivity (Wildman–Crippen MR) is 171 cm³/mol. The fraction of sp³-hybridized carbons (Fsp3) is 0.833. The molecule has 8 heteroatoms. The SMILES string of the molecule is CCOC(=O)COC(=O)[C@]12CC[C@@H](C)[C@H](C)[C@H]1C1=CC[C@@H]3[C@@]4(C)CC/C(=N\OC(=O)CCl)C(C)(C)[C@@H]4CC[C@@]3(C)[C@]1(C)CC2. The van der Waals surface area contributed by atoms with E-state index in [1.54, 1.807) is 6.92 Å². The maximum atomic E-state index is 14.0. The molecule has 0 aliphatic heterocycles. The minimum absolute atomic E-state index is 0.0286. The lowest BCUT2D eigenvalue weighted by Gasteiger charge is -2.71. The zero-order chi connectivity index (χ0) is 32.3. The fourth-order valence-corrected chi connectivity index (χ4v) is 11.5. The van der Waals surface area contributed by atoms with Crippen LogP contribution in [0, 0.1) is 56.7 Å². The van der Waals surface area contributed by atoms with Gasteiger partial charge < -0.3 is 14.3 Å². The molecule has 4 saturated carbocycles. The van der Waals surface area contributed by atoms with E-state index in [1.807, 2.05) is 0 Å². The van der Waals surface area contributed by atoms with Crippen LogP contribution in [0.2, 0.25) is 0 Å². The highest BCUT2D eigenvalue weighted by atomic mass is 35.5. The van der Waals surface area contributed by atoms with Gasteiger partial charge in [-0.3, -0.25) is 4.79 Å². The van der Waals surface area contributed by atoms with Gasteiger partial charge >= 0.3 is 17.9 Å². The van der Waals surface area contributed by atoms with Gasteiger partial charge in [-0.2, -0.15) is 0 Å². The van der Waals surface area contributed by atoms with Crippen LogP contribution in [-0.4, -0.2) is 42.7 Å². The summed E-state index contributed by atoms with van der Waals surface area (Å²) < 4.78 is 10.8. The second-order valence-corrected chi connectivity index (χ2v) is 16.3. The Morgan fingerprint density at radius 1 is 0.932 bits per heavy atom. The maximum Gasteiger partial charge on any atom is 0.349 e. The Morgan fingerprint density at radius 2 is 1.66 bits per heavy atom. The highest BCUT2D eigenvalue weighted by molar-refractivity contribution is 6.26. The fourth-order valence-electron chi connectivity index (χ4n) is 11.4. The summed E-state index contributed by atoms with van der Waals surface area (Å²) in [5.41, 5.74) is 1.82. The van der Waals surface area contributed by atoms with E-state index >= 15 is 0 Å². The Labute approximate surface area is 269 Å². The molecule has 0 unspecified atom stereocenters. The van der Waals surface area contributed by atoms with Crippen LogP contribution in [-0.2, 0) is 28.7 Å². The number of hydrogen-bond acceptors (Lipinski definition) is 7. The van der Waals surface area contributed by atoms with Gasteiger partial charge in [-0.05, 0) is 111 Å². The minimum atomic E-state index is -0.591. The van der Waals surface area contributed by atoms with Crippen LogP contribution in [0.25, 0.3) is 0 Å². The number of nitrogens with zero attached hydrogens (tertiary/aromatic N) is 1. The summed E-state index contributed by atoms with van der Waals surface area (Å²) in [7, 11) is 0. The van der Waals surface area contributed by atoms with Crippen LogP contribution in [0.1, 0.15) is 113 Å². The molecular formula is C36H54ClNO6. The summed E-state index contributed by atoms with van der Waals surface area (Å²) in [4.78, 5) is 43.1. The van der Waals surface area contributed by atoms with Crippen molar-refractivity contribution in [2.75, 3.05) is 19.1 Å². The van der Waals surface area contributed by atoms with E-state index in [2.05, 4.69) is 59.7 Å². The summed E-state index contributed by atoms with van der Waals surface area (Å²) in [6, 6.07) is 0. The van der Waals surface area contributed by atoms with Crippen molar-refractivity contribution in [2.45, 2.75) is 113 Å². The van der Waals surface area contributed by atoms with Gasteiger partial charge in [0.1, 0.15) is 5.88 Å². The van der Waals surface area contributed by atoms with Gasteiger partial charge in [-0.15, -0.1) is 11.6 Å². The first kappa shape index (κ1) is 33.5. The van der Waals surface area contributed by atoms with Crippen molar-refractivity contribution in [3.05, 3.63) is 11.6 Å². The Balaban J connectivity index is 1.49. The van der Waals surface area contributed by atoms with Gasteiger partial charge in [-0.1, -0.05) is 65.3 Å². The zero-order valence-electron chi connectivity index (χ0n) is 28.2. The van der Waals surface area contributed by atoms with E-state index in [-0.39, 0.29) is 52.6 Å². The molecule has 0 aromatic carbocycles. The second kappa shape index (κ2) is 11.7. The first-order chi connectivity index (χ1) is 20.6. The number of oxime groups is 1. The van der Waals surface area contributed by atoms with Crippen LogP contribution in [0.3, 0.4) is 0 Å². The van der Waals surface area contributed by atoms with Crippen LogP contribution in [0.4, 0.5) is 0 Å². The Hall–Kier alpha value is -1.89. The molecule has 7 nitrogen and oxygen atoms in total. The van der Waals surface area contributed by atoms with Crippen LogP contribution >= 0.6 is 11.6 Å². The van der Waals surface area contributed by atoms with Gasteiger partial charge in [-0.25, -0.2) is 9.59 Å². The molecule has 0 N–H and O–H groups in total. The number of alkyl halides is 1. The molecule has 0 saturated heterocycles. The minimum Gasteiger partial charge on any atom is -0.463 e. The number of rotatable bonds is 6. The normalized spacial score (nSPS) is 43.3. The largest absolute Gasteiger partial charge is 0.463 e. The first-order valence-corrected chi connectivity index (χ1v) is 17.5. The summed E-state index contributed by atoms with van der Waals surface area (Å²) in [5, 5.41) is 4.35. The molecule has 0 heterocycles. The van der Waals surface area contributed by atoms with Crippen LogP contribution in [0.5, 0.6) is 0 Å². The van der Waals surface area contributed by atoms with Crippen molar-refractivity contribution in [2.24, 2.45) is 61.8 Å². The third kappa shape index (κ3) is 4.88. The molecule has 0 amide bonds. The zero-order valence-corrected chi connectivity index (χ0v) is 29.0. The van der Waals surface area contributed by atoms with E-state index in [0.29, 0.717) is 23.7 Å². The number of carbonyl (C=O) groups excluding carboxylic acids is 3. The van der Waals surface area contributed by atoms with E-state index in [9.17, 15) is 14.4 Å². The molecule has 4 fully saturated rings. The molecule has 5 aliphatic rings. The third-order valence-electron chi connectivity index (χ3n) is 14.2. The van der Waals surface area contributed by atoms with Crippen molar-refractivity contribution in [3.8, 4) is 0 Å². The molecular weight excluding hydrogens is 578 g/mol. The summed E-state index contributed by atoms with van der Waals surface area (Å²) >= 11 is 5.67. The lowest BCUT2D eigenvalue weighted by Crippen LogP contribution is -2.65. The van der Waals surface area contributed by atoms with Crippen molar-refractivity contribution >= 4 is 35.2 Å². The number of carbonyl (C=O) groups is 3. The Kier molecular flexibility index (Phi) is 8.92. The molecule has 5 aliphatic carbocycles. The molecule has 0 bridgehead atoms.